The highest BCUT2D eigenvalue weighted by atomic mass is 16.2. The third-order valence-electron chi connectivity index (χ3n) is 4.61. The molecule has 1 saturated heterocycles. The Morgan fingerprint density at radius 1 is 1.33 bits per heavy atom. The number of hydrogen-bond donors (Lipinski definition) is 1. The second kappa shape index (κ2) is 5.13. The molecule has 3 rings (SSSR count). The topological polar surface area (TPSA) is 62.3 Å². The molecule has 2 amide bonds. The van der Waals surface area contributed by atoms with Gasteiger partial charge in [0.1, 0.15) is 5.54 Å². The van der Waals surface area contributed by atoms with Crippen molar-refractivity contribution in [3.8, 4) is 0 Å². The highest BCUT2D eigenvalue weighted by molar-refractivity contribution is 5.94. The first-order valence-electron chi connectivity index (χ1n) is 7.51. The quantitative estimate of drug-likeness (QED) is 0.916. The highest BCUT2D eigenvalue weighted by Crippen LogP contribution is 2.42. The fourth-order valence-electron chi connectivity index (χ4n) is 3.12. The molecule has 1 aliphatic carbocycles. The van der Waals surface area contributed by atoms with Crippen LogP contribution in [0.1, 0.15) is 38.7 Å². The molecule has 1 aliphatic heterocycles. The Labute approximate surface area is 124 Å². The van der Waals surface area contributed by atoms with Crippen molar-refractivity contribution < 1.29 is 9.59 Å². The van der Waals surface area contributed by atoms with Crippen LogP contribution in [0.15, 0.2) is 24.5 Å². The maximum absolute atomic E-state index is 13.0. The molecule has 0 radical (unpaired) electrons. The molecular weight excluding hydrogens is 266 g/mol. The lowest BCUT2D eigenvalue weighted by molar-refractivity contribution is -0.141. The van der Waals surface area contributed by atoms with Crippen LogP contribution in [0.4, 0.5) is 0 Å². The summed E-state index contributed by atoms with van der Waals surface area (Å²) in [4.78, 5) is 30.9. The van der Waals surface area contributed by atoms with Gasteiger partial charge in [-0.15, -0.1) is 0 Å². The molecule has 2 aliphatic rings. The minimum Gasteiger partial charge on any atom is -0.342 e. The van der Waals surface area contributed by atoms with Crippen molar-refractivity contribution in [3.63, 3.8) is 0 Å². The van der Waals surface area contributed by atoms with E-state index in [2.05, 4.69) is 10.3 Å². The zero-order chi connectivity index (χ0) is 15.0. The maximum atomic E-state index is 13.0. The fraction of sp³-hybridized carbons (Fsp3) is 0.562. The first kappa shape index (κ1) is 14.0. The molecule has 0 spiro atoms. The van der Waals surface area contributed by atoms with Gasteiger partial charge in [-0.3, -0.25) is 14.6 Å². The number of nitrogens with zero attached hydrogens (tertiary/aromatic N) is 2. The molecule has 21 heavy (non-hydrogen) atoms. The summed E-state index contributed by atoms with van der Waals surface area (Å²) in [6.45, 7) is 4.35. The molecule has 0 aromatic carbocycles. The molecule has 5 nitrogen and oxygen atoms in total. The standard InChI is InChI=1S/C16H21N3O2/c1-11-9-14(20)18-16(2,13-3-4-13)15(21)19(11)10-12-5-7-17-8-6-12/h5-8,11,13H,3-4,9-10H2,1-2H3,(H,18,20). The van der Waals surface area contributed by atoms with Crippen LogP contribution in [0.25, 0.3) is 0 Å². The SMILES string of the molecule is CC1CC(=O)NC(C)(C2CC2)C(=O)N1Cc1ccncc1. The average molecular weight is 287 g/mol. The lowest BCUT2D eigenvalue weighted by atomic mass is 9.93. The Hall–Kier alpha value is -1.91. The predicted molar refractivity (Wildman–Crippen MR) is 78.1 cm³/mol. The maximum Gasteiger partial charge on any atom is 0.248 e. The van der Waals surface area contributed by atoms with Crippen molar-refractivity contribution >= 4 is 11.8 Å². The predicted octanol–water partition coefficient (Wildman–Crippen LogP) is 1.49. The van der Waals surface area contributed by atoms with Crippen LogP contribution >= 0.6 is 0 Å². The van der Waals surface area contributed by atoms with Crippen molar-refractivity contribution in [2.45, 2.75) is 51.2 Å². The van der Waals surface area contributed by atoms with Gasteiger partial charge >= 0.3 is 0 Å². The van der Waals surface area contributed by atoms with E-state index in [1.165, 1.54) is 0 Å². The zero-order valence-corrected chi connectivity index (χ0v) is 12.5. The summed E-state index contributed by atoms with van der Waals surface area (Å²) in [6, 6.07) is 3.73. The second-order valence-electron chi connectivity index (χ2n) is 6.37. The van der Waals surface area contributed by atoms with Crippen molar-refractivity contribution in [3.05, 3.63) is 30.1 Å². The van der Waals surface area contributed by atoms with Crippen LogP contribution in [0, 0.1) is 5.92 Å². The van der Waals surface area contributed by atoms with Crippen LogP contribution < -0.4 is 5.32 Å². The van der Waals surface area contributed by atoms with Gasteiger partial charge in [0.2, 0.25) is 11.8 Å². The number of rotatable bonds is 3. The molecule has 112 valence electrons. The van der Waals surface area contributed by atoms with E-state index < -0.39 is 5.54 Å². The third kappa shape index (κ3) is 2.64. The van der Waals surface area contributed by atoms with E-state index in [-0.39, 0.29) is 23.8 Å². The second-order valence-corrected chi connectivity index (χ2v) is 6.37. The van der Waals surface area contributed by atoms with Crippen molar-refractivity contribution in [2.75, 3.05) is 0 Å². The summed E-state index contributed by atoms with van der Waals surface area (Å²) in [5, 5.41) is 2.97. The zero-order valence-electron chi connectivity index (χ0n) is 12.5. The Morgan fingerprint density at radius 2 is 2.00 bits per heavy atom. The number of hydrogen-bond acceptors (Lipinski definition) is 3. The van der Waals surface area contributed by atoms with Crippen LogP contribution in [-0.2, 0) is 16.1 Å². The van der Waals surface area contributed by atoms with Crippen LogP contribution in [0.2, 0.25) is 0 Å². The van der Waals surface area contributed by atoms with Gasteiger partial charge in [-0.05, 0) is 50.3 Å². The van der Waals surface area contributed by atoms with Gasteiger partial charge < -0.3 is 10.2 Å². The summed E-state index contributed by atoms with van der Waals surface area (Å²) < 4.78 is 0. The molecular formula is C16H21N3O2. The van der Waals surface area contributed by atoms with Crippen LogP contribution in [-0.4, -0.2) is 33.3 Å². The summed E-state index contributed by atoms with van der Waals surface area (Å²) in [7, 11) is 0. The number of nitrogens with one attached hydrogen (secondary N) is 1. The Kier molecular flexibility index (Phi) is 3.43. The highest BCUT2D eigenvalue weighted by Gasteiger charge is 2.52. The number of amides is 2. The lowest BCUT2D eigenvalue weighted by Crippen LogP contribution is -2.57. The van der Waals surface area contributed by atoms with Gasteiger partial charge in [0.05, 0.1) is 0 Å². The molecule has 0 bridgehead atoms. The summed E-state index contributed by atoms with van der Waals surface area (Å²) in [6.07, 6.45) is 5.84. The van der Waals surface area contributed by atoms with Gasteiger partial charge in [-0.1, -0.05) is 0 Å². The molecule has 2 unspecified atom stereocenters. The van der Waals surface area contributed by atoms with Crippen molar-refractivity contribution in [2.24, 2.45) is 5.92 Å². The fourth-order valence-corrected chi connectivity index (χ4v) is 3.12. The van der Waals surface area contributed by atoms with Gasteiger partial charge in [0.25, 0.3) is 0 Å². The molecule has 1 aromatic heterocycles. The number of aromatic nitrogens is 1. The van der Waals surface area contributed by atoms with Gasteiger partial charge in [-0.2, -0.15) is 0 Å². The van der Waals surface area contributed by atoms with E-state index in [1.54, 1.807) is 12.4 Å². The molecule has 2 atom stereocenters. The molecule has 1 saturated carbocycles. The lowest BCUT2D eigenvalue weighted by Gasteiger charge is -2.34. The van der Waals surface area contributed by atoms with E-state index in [0.29, 0.717) is 13.0 Å². The first-order chi connectivity index (χ1) is 10.0. The number of carbonyl (C=O) groups excluding carboxylic acids is 2. The molecule has 5 heteroatoms. The summed E-state index contributed by atoms with van der Waals surface area (Å²) in [5.41, 5.74) is 0.298. The van der Waals surface area contributed by atoms with Crippen LogP contribution in [0.3, 0.4) is 0 Å². The molecule has 2 fully saturated rings. The Morgan fingerprint density at radius 3 is 2.62 bits per heavy atom. The van der Waals surface area contributed by atoms with E-state index >= 15 is 0 Å². The third-order valence-corrected chi connectivity index (χ3v) is 4.61. The average Bonchev–Trinajstić information content (AvgIpc) is 3.29. The van der Waals surface area contributed by atoms with E-state index in [9.17, 15) is 9.59 Å². The summed E-state index contributed by atoms with van der Waals surface area (Å²) >= 11 is 0. The molecule has 1 N–H and O–H groups in total. The van der Waals surface area contributed by atoms with Gasteiger partial charge in [0, 0.05) is 31.4 Å². The van der Waals surface area contributed by atoms with Gasteiger partial charge in [0.15, 0.2) is 0 Å². The van der Waals surface area contributed by atoms with Gasteiger partial charge in [-0.25, -0.2) is 0 Å². The minimum absolute atomic E-state index is 0.0255. The molecule has 2 heterocycles. The Bertz CT molecular complexity index is 556. The Balaban J connectivity index is 1.89. The monoisotopic (exact) mass is 287 g/mol. The van der Waals surface area contributed by atoms with Crippen molar-refractivity contribution in [1.29, 1.82) is 0 Å². The molecule has 1 aromatic rings. The largest absolute Gasteiger partial charge is 0.342 e. The normalized spacial score (nSPS) is 30.0. The minimum atomic E-state index is -0.741. The van der Waals surface area contributed by atoms with E-state index in [0.717, 1.165) is 18.4 Å². The van der Waals surface area contributed by atoms with Crippen molar-refractivity contribution in [1.82, 2.24) is 15.2 Å². The number of pyridine rings is 1. The van der Waals surface area contributed by atoms with E-state index in [4.69, 9.17) is 0 Å². The number of carbonyl (C=O) groups is 2. The summed E-state index contributed by atoms with van der Waals surface area (Å²) in [5.74, 6) is 0.293. The first-order valence-corrected chi connectivity index (χ1v) is 7.51. The van der Waals surface area contributed by atoms with Crippen LogP contribution in [0.5, 0.6) is 0 Å². The van der Waals surface area contributed by atoms with E-state index in [1.807, 2.05) is 30.9 Å². The smallest absolute Gasteiger partial charge is 0.248 e.